The highest BCUT2D eigenvalue weighted by atomic mass is 16.5. The van der Waals surface area contributed by atoms with Gasteiger partial charge in [0.2, 0.25) is 0 Å². The Morgan fingerprint density at radius 1 is 1.25 bits per heavy atom. The number of methoxy groups -OCH3 is 1. The molecule has 2 rings (SSSR count). The van der Waals surface area contributed by atoms with Gasteiger partial charge in [0.1, 0.15) is 5.75 Å². The van der Waals surface area contributed by atoms with Crippen molar-refractivity contribution < 1.29 is 4.74 Å². The van der Waals surface area contributed by atoms with Crippen LogP contribution in [0.3, 0.4) is 0 Å². The lowest BCUT2D eigenvalue weighted by Gasteiger charge is -2.05. The van der Waals surface area contributed by atoms with E-state index in [0.29, 0.717) is 5.39 Å². The van der Waals surface area contributed by atoms with E-state index in [1.165, 1.54) is 6.07 Å². The summed E-state index contributed by atoms with van der Waals surface area (Å²) in [5.74, 6) is 0.745. The van der Waals surface area contributed by atoms with Gasteiger partial charge in [-0.15, -0.1) is 0 Å². The Labute approximate surface area is 95.1 Å². The fraction of sp³-hybridized carbons (Fsp3) is 0.308. The molecule has 0 unspecified atom stereocenters. The summed E-state index contributed by atoms with van der Waals surface area (Å²) in [5.41, 5.74) is 1.87. The number of nitrogens with one attached hydrogen (secondary N) is 1. The number of ether oxygens (including phenoxy) is 1. The first kappa shape index (κ1) is 12.3. The van der Waals surface area contributed by atoms with Gasteiger partial charge in [0.05, 0.1) is 7.11 Å². The molecule has 1 heterocycles. The molecule has 1 aromatic heterocycles. The maximum atomic E-state index is 11.5. The molecule has 0 atom stereocenters. The van der Waals surface area contributed by atoms with Crippen LogP contribution in [0, 0.1) is 6.92 Å². The molecule has 86 valence electrons. The lowest BCUT2D eigenvalue weighted by Crippen LogP contribution is -2.01. The second-order valence-corrected chi connectivity index (χ2v) is 3.21. The lowest BCUT2D eigenvalue weighted by atomic mass is 10.1. The molecule has 0 saturated heterocycles. The molecule has 1 N–H and O–H groups in total. The van der Waals surface area contributed by atoms with Gasteiger partial charge in [-0.25, -0.2) is 0 Å². The lowest BCUT2D eigenvalue weighted by molar-refractivity contribution is 0.412. The van der Waals surface area contributed by atoms with Gasteiger partial charge in [0.15, 0.2) is 5.43 Å². The number of benzene rings is 1. The molecule has 0 fully saturated rings. The number of hydrogen-bond acceptors (Lipinski definition) is 2. The van der Waals surface area contributed by atoms with Crippen LogP contribution >= 0.6 is 0 Å². The first-order valence-electron chi connectivity index (χ1n) is 5.38. The van der Waals surface area contributed by atoms with E-state index in [1.807, 2.05) is 26.8 Å². The monoisotopic (exact) mass is 219 g/mol. The fourth-order valence-electron chi connectivity index (χ4n) is 1.53. The smallest absolute Gasteiger partial charge is 0.189 e. The number of rotatable bonds is 1. The third kappa shape index (κ3) is 2.24. The van der Waals surface area contributed by atoms with Crippen molar-refractivity contribution in [3.63, 3.8) is 0 Å². The minimum Gasteiger partial charge on any atom is -0.496 e. The summed E-state index contributed by atoms with van der Waals surface area (Å²) < 4.78 is 5.16. The van der Waals surface area contributed by atoms with Crippen LogP contribution < -0.4 is 10.2 Å². The van der Waals surface area contributed by atoms with E-state index < -0.39 is 0 Å². The van der Waals surface area contributed by atoms with Gasteiger partial charge in [0, 0.05) is 23.2 Å². The second kappa shape index (κ2) is 5.35. The summed E-state index contributed by atoms with van der Waals surface area (Å²) in [4.78, 5) is 14.5. The van der Waals surface area contributed by atoms with E-state index in [-0.39, 0.29) is 5.43 Å². The summed E-state index contributed by atoms with van der Waals surface area (Å²) in [7, 11) is 1.60. The van der Waals surface area contributed by atoms with E-state index in [2.05, 4.69) is 4.98 Å². The third-order valence-corrected chi connectivity index (χ3v) is 2.27. The Morgan fingerprint density at radius 2 is 1.94 bits per heavy atom. The summed E-state index contributed by atoms with van der Waals surface area (Å²) in [6, 6.07) is 5.19. The Balaban J connectivity index is 0.000000606. The molecule has 16 heavy (non-hydrogen) atoms. The summed E-state index contributed by atoms with van der Waals surface area (Å²) in [6.07, 6.45) is 1.65. The number of hydrogen-bond donors (Lipinski definition) is 1. The van der Waals surface area contributed by atoms with E-state index in [4.69, 9.17) is 4.74 Å². The van der Waals surface area contributed by atoms with Crippen molar-refractivity contribution in [2.45, 2.75) is 20.8 Å². The minimum atomic E-state index is 0.0112. The first-order valence-corrected chi connectivity index (χ1v) is 5.38. The molecule has 3 heteroatoms. The predicted octanol–water partition coefficient (Wildman–Crippen LogP) is 2.87. The number of aromatic nitrogens is 1. The molecule has 0 radical (unpaired) electrons. The number of aromatic amines is 1. The van der Waals surface area contributed by atoms with Gasteiger partial charge in [0.25, 0.3) is 0 Å². The fourth-order valence-corrected chi connectivity index (χ4v) is 1.53. The third-order valence-electron chi connectivity index (χ3n) is 2.27. The molecule has 0 spiro atoms. The second-order valence-electron chi connectivity index (χ2n) is 3.21. The zero-order valence-corrected chi connectivity index (χ0v) is 10.1. The van der Waals surface area contributed by atoms with Crippen molar-refractivity contribution in [1.82, 2.24) is 4.98 Å². The van der Waals surface area contributed by atoms with E-state index in [0.717, 1.165) is 16.8 Å². The van der Waals surface area contributed by atoms with Crippen molar-refractivity contribution in [2.24, 2.45) is 0 Å². The van der Waals surface area contributed by atoms with Crippen LogP contribution in [-0.2, 0) is 0 Å². The highest BCUT2D eigenvalue weighted by Crippen LogP contribution is 2.21. The molecule has 1 aromatic carbocycles. The van der Waals surface area contributed by atoms with Crippen LogP contribution in [-0.4, -0.2) is 12.1 Å². The topological polar surface area (TPSA) is 42.1 Å². The van der Waals surface area contributed by atoms with E-state index >= 15 is 0 Å². The van der Waals surface area contributed by atoms with Gasteiger partial charge in [-0.2, -0.15) is 0 Å². The Bertz CT molecular complexity index is 529. The van der Waals surface area contributed by atoms with Crippen LogP contribution in [0.25, 0.3) is 10.9 Å². The van der Waals surface area contributed by atoms with Crippen LogP contribution in [0.1, 0.15) is 19.4 Å². The largest absolute Gasteiger partial charge is 0.496 e. The van der Waals surface area contributed by atoms with E-state index in [1.54, 1.807) is 19.4 Å². The maximum Gasteiger partial charge on any atom is 0.189 e. The van der Waals surface area contributed by atoms with Crippen molar-refractivity contribution in [3.05, 3.63) is 40.2 Å². The van der Waals surface area contributed by atoms with Crippen LogP contribution in [0.5, 0.6) is 5.75 Å². The average molecular weight is 219 g/mol. The zero-order valence-electron chi connectivity index (χ0n) is 10.1. The molecule has 0 aliphatic carbocycles. The predicted molar refractivity (Wildman–Crippen MR) is 67.2 cm³/mol. The van der Waals surface area contributed by atoms with Gasteiger partial charge in [-0.1, -0.05) is 13.8 Å². The molecule has 0 saturated carbocycles. The Kier molecular flexibility index (Phi) is 4.11. The van der Waals surface area contributed by atoms with Crippen molar-refractivity contribution in [3.8, 4) is 5.75 Å². The molecule has 0 bridgehead atoms. The number of aryl methyl sites for hydroxylation is 1. The van der Waals surface area contributed by atoms with Crippen molar-refractivity contribution in [2.75, 3.05) is 7.11 Å². The number of pyridine rings is 1. The van der Waals surface area contributed by atoms with Gasteiger partial charge in [-0.05, 0) is 24.6 Å². The normalized spacial score (nSPS) is 9.50. The quantitative estimate of drug-likeness (QED) is 0.801. The Hall–Kier alpha value is -1.77. The molecule has 0 aliphatic heterocycles. The SMILES string of the molecule is CC.COc1cc2c(=O)cc[nH]c2cc1C. The van der Waals surface area contributed by atoms with Gasteiger partial charge < -0.3 is 9.72 Å². The number of H-pyrrole nitrogens is 1. The van der Waals surface area contributed by atoms with Crippen molar-refractivity contribution >= 4 is 10.9 Å². The van der Waals surface area contributed by atoms with E-state index in [9.17, 15) is 4.79 Å². The summed E-state index contributed by atoms with van der Waals surface area (Å²) in [6.45, 7) is 5.95. The van der Waals surface area contributed by atoms with Crippen LogP contribution in [0.15, 0.2) is 29.2 Å². The Morgan fingerprint density at radius 3 is 2.56 bits per heavy atom. The summed E-state index contributed by atoms with van der Waals surface area (Å²) >= 11 is 0. The summed E-state index contributed by atoms with van der Waals surface area (Å²) in [5, 5.41) is 0.662. The molecule has 3 nitrogen and oxygen atoms in total. The van der Waals surface area contributed by atoms with Crippen molar-refractivity contribution in [1.29, 1.82) is 0 Å². The number of fused-ring (bicyclic) bond motifs is 1. The van der Waals surface area contributed by atoms with Crippen LogP contribution in [0.2, 0.25) is 0 Å². The van der Waals surface area contributed by atoms with Gasteiger partial charge in [-0.3, -0.25) is 4.79 Å². The highest BCUT2D eigenvalue weighted by Gasteiger charge is 2.03. The molecular formula is C13H17NO2. The average Bonchev–Trinajstić information content (AvgIpc) is 2.31. The molecule has 2 aromatic rings. The van der Waals surface area contributed by atoms with Gasteiger partial charge >= 0.3 is 0 Å². The molecular weight excluding hydrogens is 202 g/mol. The minimum absolute atomic E-state index is 0.0112. The van der Waals surface area contributed by atoms with Crippen LogP contribution in [0.4, 0.5) is 0 Å². The standard InChI is InChI=1S/C11H11NO2.C2H6/c1-7-5-9-8(6-11(7)14-2)10(13)3-4-12-9;1-2/h3-6H,1-2H3,(H,12,13);1-2H3. The first-order chi connectivity index (χ1) is 7.72. The zero-order chi connectivity index (χ0) is 12.1. The highest BCUT2D eigenvalue weighted by molar-refractivity contribution is 5.80. The maximum absolute atomic E-state index is 11.5. The molecule has 0 aliphatic rings. The molecule has 0 amide bonds.